The molecule has 106 valence electrons. The Morgan fingerprint density at radius 3 is 2.60 bits per heavy atom. The van der Waals surface area contributed by atoms with E-state index in [-0.39, 0.29) is 5.91 Å². The zero-order chi connectivity index (χ0) is 14.4. The molecule has 2 N–H and O–H groups in total. The molecular formula is C15H20N4O. The SMILES string of the molecule is CCNC(=O)c1ccc(NCc2ccnn2CC)cc1. The molecule has 0 unspecified atom stereocenters. The van der Waals surface area contributed by atoms with Gasteiger partial charge in [-0.25, -0.2) is 0 Å². The Hall–Kier alpha value is -2.30. The van der Waals surface area contributed by atoms with Gasteiger partial charge in [-0.05, 0) is 44.2 Å². The normalized spacial score (nSPS) is 10.3. The smallest absolute Gasteiger partial charge is 0.251 e. The van der Waals surface area contributed by atoms with Crippen molar-refractivity contribution in [1.29, 1.82) is 0 Å². The summed E-state index contributed by atoms with van der Waals surface area (Å²) in [7, 11) is 0. The van der Waals surface area contributed by atoms with Gasteiger partial charge in [-0.15, -0.1) is 0 Å². The van der Waals surface area contributed by atoms with Crippen LogP contribution < -0.4 is 10.6 Å². The van der Waals surface area contributed by atoms with Crippen molar-refractivity contribution >= 4 is 11.6 Å². The minimum atomic E-state index is -0.0388. The third-order valence-electron chi connectivity index (χ3n) is 3.06. The van der Waals surface area contributed by atoms with Gasteiger partial charge in [0, 0.05) is 30.5 Å². The number of amides is 1. The van der Waals surface area contributed by atoms with Gasteiger partial charge in [-0.1, -0.05) is 0 Å². The highest BCUT2D eigenvalue weighted by Gasteiger charge is 2.04. The van der Waals surface area contributed by atoms with Crippen molar-refractivity contribution in [1.82, 2.24) is 15.1 Å². The number of aryl methyl sites for hydroxylation is 1. The average Bonchev–Trinajstić information content (AvgIpc) is 2.93. The van der Waals surface area contributed by atoms with Gasteiger partial charge in [-0.2, -0.15) is 5.10 Å². The summed E-state index contributed by atoms with van der Waals surface area (Å²) in [6.45, 7) is 6.19. The Morgan fingerprint density at radius 2 is 1.95 bits per heavy atom. The van der Waals surface area contributed by atoms with E-state index < -0.39 is 0 Å². The third kappa shape index (κ3) is 3.38. The summed E-state index contributed by atoms with van der Waals surface area (Å²) in [5.41, 5.74) is 2.80. The number of carbonyl (C=O) groups excluding carboxylic acids is 1. The van der Waals surface area contributed by atoms with Crippen molar-refractivity contribution in [3.8, 4) is 0 Å². The number of carbonyl (C=O) groups is 1. The molecule has 0 bridgehead atoms. The van der Waals surface area contributed by atoms with Crippen LogP contribution in [0.2, 0.25) is 0 Å². The fourth-order valence-corrected chi connectivity index (χ4v) is 1.99. The molecule has 5 nitrogen and oxygen atoms in total. The molecule has 0 aliphatic heterocycles. The maximum absolute atomic E-state index is 11.6. The van der Waals surface area contributed by atoms with Crippen LogP contribution in [0.3, 0.4) is 0 Å². The molecule has 1 amide bonds. The molecule has 2 aromatic rings. The van der Waals surface area contributed by atoms with Crippen LogP contribution in [0, 0.1) is 0 Å². The molecule has 0 spiro atoms. The first-order valence-corrected chi connectivity index (χ1v) is 6.87. The second kappa shape index (κ2) is 6.75. The van der Waals surface area contributed by atoms with Crippen molar-refractivity contribution in [2.45, 2.75) is 26.9 Å². The van der Waals surface area contributed by atoms with E-state index in [1.165, 1.54) is 0 Å². The zero-order valence-electron chi connectivity index (χ0n) is 11.9. The van der Waals surface area contributed by atoms with E-state index in [1.807, 2.05) is 41.9 Å². The second-order valence-corrected chi connectivity index (χ2v) is 4.43. The van der Waals surface area contributed by atoms with Gasteiger partial charge in [0.1, 0.15) is 0 Å². The van der Waals surface area contributed by atoms with Crippen LogP contribution in [-0.2, 0) is 13.1 Å². The summed E-state index contributed by atoms with van der Waals surface area (Å²) in [6, 6.07) is 9.48. The topological polar surface area (TPSA) is 59.0 Å². The van der Waals surface area contributed by atoms with E-state index in [2.05, 4.69) is 22.7 Å². The van der Waals surface area contributed by atoms with E-state index in [0.717, 1.165) is 17.9 Å². The van der Waals surface area contributed by atoms with Gasteiger partial charge in [-0.3, -0.25) is 9.48 Å². The summed E-state index contributed by atoms with van der Waals surface area (Å²) in [6.07, 6.45) is 1.80. The van der Waals surface area contributed by atoms with Gasteiger partial charge >= 0.3 is 0 Å². The molecular weight excluding hydrogens is 252 g/mol. The summed E-state index contributed by atoms with van der Waals surface area (Å²) < 4.78 is 1.95. The predicted molar refractivity (Wildman–Crippen MR) is 79.7 cm³/mol. The van der Waals surface area contributed by atoms with Crippen LogP contribution in [0.25, 0.3) is 0 Å². The highest BCUT2D eigenvalue weighted by atomic mass is 16.1. The minimum Gasteiger partial charge on any atom is -0.379 e. The molecule has 0 aliphatic rings. The van der Waals surface area contributed by atoms with Crippen LogP contribution in [0.5, 0.6) is 0 Å². The van der Waals surface area contributed by atoms with Crippen molar-refractivity contribution in [2.75, 3.05) is 11.9 Å². The summed E-state index contributed by atoms with van der Waals surface area (Å²) in [4.78, 5) is 11.6. The van der Waals surface area contributed by atoms with E-state index in [4.69, 9.17) is 0 Å². The van der Waals surface area contributed by atoms with Crippen molar-refractivity contribution in [3.63, 3.8) is 0 Å². The van der Waals surface area contributed by atoms with Crippen molar-refractivity contribution in [2.24, 2.45) is 0 Å². The molecule has 1 aromatic heterocycles. The van der Waals surface area contributed by atoms with Gasteiger partial charge < -0.3 is 10.6 Å². The first-order chi connectivity index (χ1) is 9.74. The Kier molecular flexibility index (Phi) is 4.76. The van der Waals surface area contributed by atoms with E-state index in [0.29, 0.717) is 18.7 Å². The summed E-state index contributed by atoms with van der Waals surface area (Å²) in [5, 5.41) is 10.3. The van der Waals surface area contributed by atoms with Gasteiger partial charge in [0.2, 0.25) is 0 Å². The molecule has 1 heterocycles. The lowest BCUT2D eigenvalue weighted by molar-refractivity contribution is 0.0956. The second-order valence-electron chi connectivity index (χ2n) is 4.43. The quantitative estimate of drug-likeness (QED) is 0.848. The Labute approximate surface area is 119 Å². The number of benzene rings is 1. The molecule has 1 aromatic carbocycles. The average molecular weight is 272 g/mol. The molecule has 0 aliphatic carbocycles. The van der Waals surface area contributed by atoms with E-state index >= 15 is 0 Å². The van der Waals surface area contributed by atoms with Crippen LogP contribution in [0.4, 0.5) is 5.69 Å². The number of hydrogen-bond donors (Lipinski definition) is 2. The van der Waals surface area contributed by atoms with Crippen molar-refractivity contribution in [3.05, 3.63) is 47.8 Å². The monoisotopic (exact) mass is 272 g/mol. The number of nitrogens with one attached hydrogen (secondary N) is 2. The maximum Gasteiger partial charge on any atom is 0.251 e. The number of rotatable bonds is 6. The van der Waals surface area contributed by atoms with Gasteiger partial charge in [0.15, 0.2) is 0 Å². The highest BCUT2D eigenvalue weighted by molar-refractivity contribution is 5.94. The molecule has 5 heteroatoms. The zero-order valence-corrected chi connectivity index (χ0v) is 11.9. The number of aromatic nitrogens is 2. The van der Waals surface area contributed by atoms with E-state index in [1.54, 1.807) is 6.20 Å². The van der Waals surface area contributed by atoms with Gasteiger partial charge in [0.25, 0.3) is 5.91 Å². The molecule has 0 fully saturated rings. The summed E-state index contributed by atoms with van der Waals surface area (Å²) in [5.74, 6) is -0.0388. The lowest BCUT2D eigenvalue weighted by Crippen LogP contribution is -2.22. The first-order valence-electron chi connectivity index (χ1n) is 6.87. The highest BCUT2D eigenvalue weighted by Crippen LogP contribution is 2.11. The Balaban J connectivity index is 1.95. The van der Waals surface area contributed by atoms with Crippen LogP contribution in [0.15, 0.2) is 36.5 Å². The predicted octanol–water partition coefficient (Wildman–Crippen LogP) is 2.26. The number of anilines is 1. The largest absolute Gasteiger partial charge is 0.379 e. The minimum absolute atomic E-state index is 0.0388. The lowest BCUT2D eigenvalue weighted by atomic mass is 10.2. The Morgan fingerprint density at radius 1 is 1.20 bits per heavy atom. The molecule has 2 rings (SSSR count). The molecule has 0 saturated carbocycles. The summed E-state index contributed by atoms with van der Waals surface area (Å²) >= 11 is 0. The third-order valence-corrected chi connectivity index (χ3v) is 3.06. The Bertz CT molecular complexity index is 560. The maximum atomic E-state index is 11.6. The lowest BCUT2D eigenvalue weighted by Gasteiger charge is -2.09. The van der Waals surface area contributed by atoms with Crippen LogP contribution >= 0.6 is 0 Å². The van der Waals surface area contributed by atoms with Crippen molar-refractivity contribution < 1.29 is 4.79 Å². The fraction of sp³-hybridized carbons (Fsp3) is 0.333. The van der Waals surface area contributed by atoms with E-state index in [9.17, 15) is 4.79 Å². The standard InChI is InChI=1S/C15H20N4O/c1-3-16-15(20)12-5-7-13(8-6-12)17-11-14-9-10-18-19(14)4-2/h5-10,17H,3-4,11H2,1-2H3,(H,16,20). The molecule has 20 heavy (non-hydrogen) atoms. The fourth-order valence-electron chi connectivity index (χ4n) is 1.99. The van der Waals surface area contributed by atoms with Gasteiger partial charge in [0.05, 0.1) is 12.2 Å². The number of hydrogen-bond acceptors (Lipinski definition) is 3. The molecule has 0 saturated heterocycles. The first kappa shape index (κ1) is 14.1. The number of nitrogens with zero attached hydrogens (tertiary/aromatic N) is 2. The molecule has 0 atom stereocenters. The van der Waals surface area contributed by atoms with Crippen LogP contribution in [-0.4, -0.2) is 22.2 Å². The molecule has 0 radical (unpaired) electrons. The van der Waals surface area contributed by atoms with Crippen LogP contribution in [0.1, 0.15) is 29.9 Å².